The van der Waals surface area contributed by atoms with Crippen molar-refractivity contribution in [2.45, 2.75) is 19.0 Å². The van der Waals surface area contributed by atoms with Gasteiger partial charge in [-0.15, -0.1) is 0 Å². The summed E-state index contributed by atoms with van der Waals surface area (Å²) in [6, 6.07) is 19.6. The van der Waals surface area contributed by atoms with Crippen LogP contribution in [0.15, 0.2) is 66.9 Å². The predicted octanol–water partition coefficient (Wildman–Crippen LogP) is 2.71. The van der Waals surface area contributed by atoms with Crippen LogP contribution in [0.25, 0.3) is 5.69 Å². The van der Waals surface area contributed by atoms with Crippen LogP contribution in [0.2, 0.25) is 0 Å². The van der Waals surface area contributed by atoms with Gasteiger partial charge in [0.25, 0.3) is 5.91 Å². The van der Waals surface area contributed by atoms with Gasteiger partial charge < -0.3 is 5.32 Å². The second-order valence-electron chi connectivity index (χ2n) is 6.72. The van der Waals surface area contributed by atoms with Crippen LogP contribution in [-0.4, -0.2) is 26.6 Å². The third-order valence-electron chi connectivity index (χ3n) is 4.85. The first-order valence-electron chi connectivity index (χ1n) is 8.76. The molecule has 0 bridgehead atoms. The van der Waals surface area contributed by atoms with Gasteiger partial charge in [-0.25, -0.2) is 9.48 Å². The van der Waals surface area contributed by atoms with Crippen molar-refractivity contribution in [1.29, 1.82) is 5.26 Å². The average molecular weight is 371 g/mol. The molecule has 1 aliphatic heterocycles. The van der Waals surface area contributed by atoms with E-state index in [1.165, 1.54) is 0 Å². The lowest BCUT2D eigenvalue weighted by Crippen LogP contribution is -2.40. The van der Waals surface area contributed by atoms with Crippen molar-refractivity contribution in [2.75, 3.05) is 0 Å². The van der Waals surface area contributed by atoms with Crippen LogP contribution in [0.4, 0.5) is 4.79 Å². The molecule has 7 heteroatoms. The van der Waals surface area contributed by atoms with E-state index in [-0.39, 0.29) is 12.5 Å². The quantitative estimate of drug-likeness (QED) is 0.714. The van der Waals surface area contributed by atoms with E-state index in [2.05, 4.69) is 10.4 Å². The Morgan fingerprint density at radius 1 is 1.07 bits per heavy atom. The maximum Gasteiger partial charge on any atom is 0.325 e. The normalized spacial score (nSPS) is 18.8. The SMILES string of the molecule is C[C@@]1(c2ccc(C#N)cc2)NC(=O)N(Cc2ccn(-c3ccccc3)n2)C1=O. The predicted molar refractivity (Wildman–Crippen MR) is 101 cm³/mol. The fourth-order valence-corrected chi connectivity index (χ4v) is 3.25. The Labute approximate surface area is 161 Å². The van der Waals surface area contributed by atoms with Crippen LogP contribution in [0.1, 0.15) is 23.7 Å². The lowest BCUT2D eigenvalue weighted by atomic mass is 9.91. The minimum Gasteiger partial charge on any atom is -0.319 e. The topological polar surface area (TPSA) is 91.0 Å². The largest absolute Gasteiger partial charge is 0.325 e. The molecule has 2 aromatic carbocycles. The molecule has 3 aromatic rings. The highest BCUT2D eigenvalue weighted by atomic mass is 16.2. The molecule has 7 nitrogen and oxygen atoms in total. The van der Waals surface area contributed by atoms with E-state index in [1.807, 2.05) is 36.4 Å². The Hall–Kier alpha value is -3.92. The molecule has 1 aromatic heterocycles. The third-order valence-corrected chi connectivity index (χ3v) is 4.85. The lowest BCUT2D eigenvalue weighted by Gasteiger charge is -2.22. The van der Waals surface area contributed by atoms with E-state index >= 15 is 0 Å². The fourth-order valence-electron chi connectivity index (χ4n) is 3.25. The van der Waals surface area contributed by atoms with Gasteiger partial charge in [-0.2, -0.15) is 10.4 Å². The van der Waals surface area contributed by atoms with Gasteiger partial charge in [-0.05, 0) is 42.8 Å². The summed E-state index contributed by atoms with van der Waals surface area (Å²) in [5.41, 5.74) is 1.45. The molecule has 0 saturated carbocycles. The molecule has 1 N–H and O–H groups in total. The molecule has 3 amide bonds. The summed E-state index contributed by atoms with van der Waals surface area (Å²) in [6.45, 7) is 1.74. The van der Waals surface area contributed by atoms with Crippen LogP contribution in [0, 0.1) is 11.3 Å². The van der Waals surface area contributed by atoms with E-state index in [0.717, 1.165) is 10.6 Å². The molecular formula is C21H17N5O2. The number of para-hydroxylation sites is 1. The van der Waals surface area contributed by atoms with Crippen molar-refractivity contribution < 1.29 is 9.59 Å². The molecular weight excluding hydrogens is 354 g/mol. The smallest absolute Gasteiger partial charge is 0.319 e. The number of imide groups is 1. The maximum absolute atomic E-state index is 13.0. The summed E-state index contributed by atoms with van der Waals surface area (Å²) < 4.78 is 1.70. The minimum atomic E-state index is -1.17. The Kier molecular flexibility index (Phi) is 4.17. The summed E-state index contributed by atoms with van der Waals surface area (Å²) >= 11 is 0. The van der Waals surface area contributed by atoms with Crippen molar-refractivity contribution in [2.24, 2.45) is 0 Å². The first kappa shape index (κ1) is 17.5. The van der Waals surface area contributed by atoms with E-state index in [9.17, 15) is 9.59 Å². The van der Waals surface area contributed by atoms with Gasteiger partial charge in [0.05, 0.1) is 29.6 Å². The number of benzene rings is 2. The summed E-state index contributed by atoms with van der Waals surface area (Å²) in [6.07, 6.45) is 1.79. The molecule has 138 valence electrons. The summed E-state index contributed by atoms with van der Waals surface area (Å²) in [5, 5.41) is 16.2. The van der Waals surface area contributed by atoms with Gasteiger partial charge in [0.15, 0.2) is 0 Å². The highest BCUT2D eigenvalue weighted by Gasteiger charge is 2.49. The zero-order valence-electron chi connectivity index (χ0n) is 15.2. The standard InChI is InChI=1S/C21H17N5O2/c1-21(16-9-7-15(13-22)8-10-16)19(27)25(20(28)23-21)14-17-11-12-26(24-17)18-5-3-2-4-6-18/h2-12H,14H2,1H3,(H,23,28)/t21-/m0/s1. The number of carbonyl (C=O) groups excluding carboxylic acids is 2. The Morgan fingerprint density at radius 2 is 1.79 bits per heavy atom. The monoisotopic (exact) mass is 371 g/mol. The number of amides is 3. The molecule has 0 spiro atoms. The number of hydrogen-bond donors (Lipinski definition) is 1. The van der Waals surface area contributed by atoms with Crippen molar-refractivity contribution >= 4 is 11.9 Å². The fraction of sp³-hybridized carbons (Fsp3) is 0.143. The molecule has 0 unspecified atom stereocenters. The Morgan fingerprint density at radius 3 is 2.46 bits per heavy atom. The number of nitriles is 1. The lowest BCUT2D eigenvalue weighted by molar-refractivity contribution is -0.131. The van der Waals surface area contributed by atoms with Crippen molar-refractivity contribution in [3.63, 3.8) is 0 Å². The molecule has 0 radical (unpaired) electrons. The number of rotatable bonds is 4. The van der Waals surface area contributed by atoms with Crippen LogP contribution >= 0.6 is 0 Å². The highest BCUT2D eigenvalue weighted by Crippen LogP contribution is 2.29. The second kappa shape index (κ2) is 6.67. The van der Waals surface area contributed by atoms with Crippen LogP contribution in [0.5, 0.6) is 0 Å². The zero-order valence-corrected chi connectivity index (χ0v) is 15.2. The molecule has 4 rings (SSSR count). The summed E-state index contributed by atoms with van der Waals surface area (Å²) in [7, 11) is 0. The summed E-state index contributed by atoms with van der Waals surface area (Å²) in [5.74, 6) is -0.350. The number of nitrogens with one attached hydrogen (secondary N) is 1. The zero-order chi connectivity index (χ0) is 19.7. The van der Waals surface area contributed by atoms with Crippen LogP contribution < -0.4 is 5.32 Å². The Bertz CT molecular complexity index is 1080. The Balaban J connectivity index is 1.56. The number of hydrogen-bond acceptors (Lipinski definition) is 4. The molecule has 28 heavy (non-hydrogen) atoms. The number of urea groups is 1. The van der Waals surface area contributed by atoms with Crippen molar-refractivity contribution in [3.8, 4) is 11.8 Å². The minimum absolute atomic E-state index is 0.0797. The van der Waals surface area contributed by atoms with Crippen molar-refractivity contribution in [1.82, 2.24) is 20.0 Å². The maximum atomic E-state index is 13.0. The van der Waals surface area contributed by atoms with E-state index in [1.54, 1.807) is 48.1 Å². The van der Waals surface area contributed by atoms with E-state index in [4.69, 9.17) is 5.26 Å². The van der Waals surface area contributed by atoms with E-state index in [0.29, 0.717) is 16.8 Å². The van der Waals surface area contributed by atoms with Gasteiger partial charge in [0.2, 0.25) is 0 Å². The molecule has 1 aliphatic rings. The highest BCUT2D eigenvalue weighted by molar-refractivity contribution is 6.07. The number of carbonyl (C=O) groups is 2. The first-order valence-corrected chi connectivity index (χ1v) is 8.76. The average Bonchev–Trinajstić information content (AvgIpc) is 3.28. The van der Waals surface area contributed by atoms with Gasteiger partial charge in [-0.1, -0.05) is 30.3 Å². The first-order chi connectivity index (χ1) is 13.5. The van der Waals surface area contributed by atoms with Gasteiger partial charge in [0.1, 0.15) is 5.54 Å². The summed E-state index contributed by atoms with van der Waals surface area (Å²) in [4.78, 5) is 26.7. The molecule has 0 aliphatic carbocycles. The number of aromatic nitrogens is 2. The van der Waals surface area contributed by atoms with E-state index < -0.39 is 11.6 Å². The number of nitrogens with zero attached hydrogens (tertiary/aromatic N) is 4. The van der Waals surface area contributed by atoms with Crippen LogP contribution in [0.3, 0.4) is 0 Å². The van der Waals surface area contributed by atoms with Crippen LogP contribution in [-0.2, 0) is 16.9 Å². The molecule has 1 saturated heterocycles. The van der Waals surface area contributed by atoms with Gasteiger partial charge in [-0.3, -0.25) is 9.69 Å². The van der Waals surface area contributed by atoms with Gasteiger partial charge >= 0.3 is 6.03 Å². The molecule has 1 fully saturated rings. The molecule has 1 atom stereocenters. The molecule has 2 heterocycles. The van der Waals surface area contributed by atoms with Crippen molar-refractivity contribution in [3.05, 3.63) is 83.7 Å². The van der Waals surface area contributed by atoms with Gasteiger partial charge in [0, 0.05) is 6.20 Å². The second-order valence-corrected chi connectivity index (χ2v) is 6.72. The third kappa shape index (κ3) is 2.91.